The number of urea groups is 1. The number of nitrogen functional groups attached to an aromatic ring is 1. The molecule has 10 nitrogen and oxygen atoms in total. The van der Waals surface area contributed by atoms with Crippen molar-refractivity contribution in [3.63, 3.8) is 0 Å². The summed E-state index contributed by atoms with van der Waals surface area (Å²) in [7, 11) is 0. The van der Waals surface area contributed by atoms with Crippen molar-refractivity contribution in [1.82, 2.24) is 24.1 Å². The third kappa shape index (κ3) is 10.7. The molecule has 0 saturated carbocycles. The topological polar surface area (TPSA) is 120 Å². The molecule has 4 N–H and O–H groups in total. The molecule has 0 aliphatic rings. The summed E-state index contributed by atoms with van der Waals surface area (Å²) >= 11 is 0. The van der Waals surface area contributed by atoms with E-state index in [1.165, 1.54) is 30.3 Å². The lowest BCUT2D eigenvalue weighted by atomic mass is 10.1. The van der Waals surface area contributed by atoms with Crippen LogP contribution >= 0.6 is 0 Å². The minimum Gasteiger partial charge on any atom is -0.491 e. The van der Waals surface area contributed by atoms with Gasteiger partial charge >= 0.3 is 12.2 Å². The first-order valence-electron chi connectivity index (χ1n) is 19.5. The van der Waals surface area contributed by atoms with Crippen molar-refractivity contribution in [2.24, 2.45) is 0 Å². The van der Waals surface area contributed by atoms with E-state index in [0.717, 1.165) is 44.9 Å². The second-order valence-corrected chi connectivity index (χ2v) is 14.9. The van der Waals surface area contributed by atoms with Gasteiger partial charge in [0.25, 0.3) is 0 Å². The average molecular weight is 848 g/mol. The Labute approximate surface area is 353 Å². The van der Waals surface area contributed by atoms with Gasteiger partial charge in [0.2, 0.25) is 0 Å². The van der Waals surface area contributed by atoms with E-state index in [4.69, 9.17) is 15.2 Å². The summed E-state index contributed by atoms with van der Waals surface area (Å²) in [4.78, 5) is 21.0. The van der Waals surface area contributed by atoms with E-state index in [1.54, 1.807) is 47.9 Å². The van der Waals surface area contributed by atoms with Crippen LogP contribution in [0.3, 0.4) is 0 Å². The van der Waals surface area contributed by atoms with Crippen LogP contribution in [-0.4, -0.2) is 49.7 Å². The number of carbonyl (C=O) groups is 1. The lowest BCUT2D eigenvalue weighted by molar-refractivity contribution is -0.122. The first-order chi connectivity index (χ1) is 29.6. The number of imidazole rings is 2. The first-order valence-corrected chi connectivity index (χ1v) is 19.5. The van der Waals surface area contributed by atoms with Gasteiger partial charge in [-0.2, -0.15) is 13.2 Å². The molecule has 318 valence electrons. The van der Waals surface area contributed by atoms with Crippen LogP contribution < -0.4 is 25.8 Å². The number of benzene rings is 4. The van der Waals surface area contributed by atoms with Crippen molar-refractivity contribution in [1.29, 1.82) is 0 Å². The van der Waals surface area contributed by atoms with Crippen LogP contribution in [0.15, 0.2) is 134 Å². The number of nitrogens with zero attached hydrogens (tertiary/aromatic N) is 4. The molecule has 0 bridgehead atoms. The number of carbonyl (C=O) groups excluding carboxylic acids is 1. The maximum Gasteiger partial charge on any atom is 0.405 e. The summed E-state index contributed by atoms with van der Waals surface area (Å²) in [6.07, 6.45) is 2.62. The second-order valence-electron chi connectivity index (χ2n) is 14.9. The van der Waals surface area contributed by atoms with Crippen molar-refractivity contribution in [2.45, 2.75) is 46.1 Å². The van der Waals surface area contributed by atoms with E-state index in [1.807, 2.05) is 97.6 Å². The number of nitrogens with one attached hydrogen (secondary N) is 2. The minimum atomic E-state index is -4.52. The van der Waals surface area contributed by atoms with Gasteiger partial charge in [0.1, 0.15) is 41.0 Å². The van der Waals surface area contributed by atoms with Crippen molar-refractivity contribution in [3.8, 4) is 56.3 Å². The van der Waals surface area contributed by atoms with Crippen LogP contribution in [0.1, 0.15) is 27.7 Å². The number of fused-ring (bicyclic) bond motifs is 2. The SMILES string of the molecule is CC(C)Oc1cc(N)cc(-c2cnc3cc(-c4ccc(F)cc4)ccn23)c1.CC(C)Oc1cc(NC(=O)NCC(F)(F)F)cc(-c2cnc3cc(-c4ccc(F)cc4)ccn23)c1. The van der Waals surface area contributed by atoms with Crippen molar-refractivity contribution < 1.29 is 36.2 Å². The average Bonchev–Trinajstić information content (AvgIpc) is 3.84. The maximum atomic E-state index is 13.3. The molecule has 4 aromatic carbocycles. The molecule has 0 aliphatic carbocycles. The Morgan fingerprint density at radius 1 is 0.629 bits per heavy atom. The smallest absolute Gasteiger partial charge is 0.405 e. The number of anilines is 2. The molecular formula is C47H42F5N7O3. The third-order valence-electron chi connectivity index (χ3n) is 9.26. The molecule has 0 saturated heterocycles. The lowest BCUT2D eigenvalue weighted by Crippen LogP contribution is -2.36. The lowest BCUT2D eigenvalue weighted by Gasteiger charge is -2.15. The number of aromatic nitrogens is 4. The molecule has 62 heavy (non-hydrogen) atoms. The molecule has 2 amide bonds. The Balaban J connectivity index is 0.000000192. The summed E-state index contributed by atoms with van der Waals surface area (Å²) in [5.74, 6) is 0.598. The fourth-order valence-electron chi connectivity index (χ4n) is 6.66. The predicted octanol–water partition coefficient (Wildman–Crippen LogP) is 11.5. The van der Waals surface area contributed by atoms with Gasteiger partial charge in [0.15, 0.2) is 0 Å². The van der Waals surface area contributed by atoms with Crippen LogP contribution in [0.25, 0.3) is 56.1 Å². The molecule has 0 unspecified atom stereocenters. The molecule has 0 radical (unpaired) electrons. The van der Waals surface area contributed by atoms with Gasteiger partial charge < -0.3 is 25.8 Å². The molecule has 0 spiro atoms. The summed E-state index contributed by atoms with van der Waals surface area (Å²) in [6, 6.07) is 29.9. The minimum absolute atomic E-state index is 0.0695. The van der Waals surface area contributed by atoms with Gasteiger partial charge in [-0.1, -0.05) is 24.3 Å². The highest BCUT2D eigenvalue weighted by atomic mass is 19.4. The number of nitrogens with two attached hydrogens (primary N) is 1. The number of hydrogen-bond acceptors (Lipinski definition) is 6. The number of pyridine rings is 2. The van der Waals surface area contributed by atoms with Crippen molar-refractivity contribution >= 4 is 28.7 Å². The highest BCUT2D eigenvalue weighted by Crippen LogP contribution is 2.33. The molecular weight excluding hydrogens is 806 g/mol. The largest absolute Gasteiger partial charge is 0.491 e. The fourth-order valence-corrected chi connectivity index (χ4v) is 6.66. The van der Waals surface area contributed by atoms with Gasteiger partial charge in [-0.25, -0.2) is 23.5 Å². The first kappa shape index (κ1) is 42.7. The molecule has 15 heteroatoms. The van der Waals surface area contributed by atoms with Gasteiger partial charge in [0.05, 0.1) is 36.0 Å². The highest BCUT2D eigenvalue weighted by Gasteiger charge is 2.27. The number of halogens is 5. The number of hydrogen-bond donors (Lipinski definition) is 3. The second kappa shape index (κ2) is 18.1. The zero-order chi connectivity index (χ0) is 44.1. The number of ether oxygens (including phenoxy) is 2. The van der Waals surface area contributed by atoms with Crippen LogP contribution in [0.2, 0.25) is 0 Å². The Morgan fingerprint density at radius 2 is 1.10 bits per heavy atom. The zero-order valence-corrected chi connectivity index (χ0v) is 34.0. The van der Waals surface area contributed by atoms with E-state index in [-0.39, 0.29) is 29.5 Å². The summed E-state index contributed by atoms with van der Waals surface area (Å²) in [6.45, 7) is 6.18. The van der Waals surface area contributed by atoms with E-state index >= 15 is 0 Å². The van der Waals surface area contributed by atoms with Crippen molar-refractivity contribution in [3.05, 3.63) is 146 Å². The summed E-state index contributed by atoms with van der Waals surface area (Å²) in [5.41, 5.74) is 15.2. The molecule has 0 fully saturated rings. The number of amides is 2. The Hall–Kier alpha value is -7.42. The summed E-state index contributed by atoms with van der Waals surface area (Å²) in [5, 5.41) is 4.21. The Morgan fingerprint density at radius 3 is 1.56 bits per heavy atom. The molecule has 0 aliphatic heterocycles. The Bertz CT molecular complexity index is 2840. The number of alkyl halides is 3. The van der Waals surface area contributed by atoms with Gasteiger partial charge in [-0.3, -0.25) is 8.80 Å². The molecule has 4 aromatic heterocycles. The normalized spacial score (nSPS) is 11.5. The van der Waals surface area contributed by atoms with Crippen molar-refractivity contribution in [2.75, 3.05) is 17.6 Å². The van der Waals surface area contributed by atoms with Gasteiger partial charge in [-0.15, -0.1) is 0 Å². The van der Waals surface area contributed by atoms with E-state index < -0.39 is 18.8 Å². The highest BCUT2D eigenvalue weighted by molar-refractivity contribution is 5.90. The van der Waals surface area contributed by atoms with E-state index in [2.05, 4.69) is 15.3 Å². The predicted molar refractivity (Wildman–Crippen MR) is 231 cm³/mol. The molecule has 8 aromatic rings. The van der Waals surface area contributed by atoms with Crippen LogP contribution in [-0.2, 0) is 0 Å². The standard InChI is InChI=1S/C25H22F4N4O2.C22H20FN3O/c1-15(2)35-21-10-18(9-20(12-21)32-24(34)31-14-25(27,28)29)22-13-30-23-11-17(7-8-33(22)23)16-3-5-19(26)6-4-16;1-14(2)27-20-10-17(9-19(24)12-20)21-13-25-22-11-16(7-8-26(21)22)15-3-5-18(23)6-4-15/h3-13,15H,14H2,1-2H3,(H2,31,32,34);3-14H,24H2,1-2H3. The third-order valence-corrected chi connectivity index (χ3v) is 9.26. The summed E-state index contributed by atoms with van der Waals surface area (Å²) < 4.78 is 79.1. The fraction of sp³-hybridized carbons (Fsp3) is 0.170. The van der Waals surface area contributed by atoms with Crippen LogP contribution in [0, 0.1) is 11.6 Å². The molecule has 4 heterocycles. The quantitative estimate of drug-likeness (QED) is 0.0931. The van der Waals surface area contributed by atoms with E-state index in [0.29, 0.717) is 28.3 Å². The number of rotatable bonds is 10. The Kier molecular flexibility index (Phi) is 12.4. The van der Waals surface area contributed by atoms with Gasteiger partial charge in [0, 0.05) is 47.0 Å². The monoisotopic (exact) mass is 847 g/mol. The molecule has 8 rings (SSSR count). The van der Waals surface area contributed by atoms with Crippen LogP contribution in [0.4, 0.5) is 38.1 Å². The molecule has 0 atom stereocenters. The van der Waals surface area contributed by atoms with Crippen LogP contribution in [0.5, 0.6) is 11.5 Å². The zero-order valence-electron chi connectivity index (χ0n) is 34.0. The van der Waals surface area contributed by atoms with Gasteiger partial charge in [-0.05, 0) is 123 Å². The van der Waals surface area contributed by atoms with E-state index in [9.17, 15) is 26.7 Å². The maximum absolute atomic E-state index is 13.3.